The van der Waals surface area contributed by atoms with Gasteiger partial charge in [0.15, 0.2) is 0 Å². The van der Waals surface area contributed by atoms with E-state index in [1.165, 1.54) is 5.56 Å². The average Bonchev–Trinajstić information content (AvgIpc) is 2.48. The van der Waals surface area contributed by atoms with Crippen LogP contribution in [0.25, 0.3) is 0 Å². The lowest BCUT2D eigenvalue weighted by Gasteiger charge is -2.28. The first kappa shape index (κ1) is 13.5. The Morgan fingerprint density at radius 3 is 2.95 bits per heavy atom. The van der Waals surface area contributed by atoms with Crippen LogP contribution in [0.5, 0.6) is 5.75 Å². The van der Waals surface area contributed by atoms with Gasteiger partial charge in [0.1, 0.15) is 11.8 Å². The highest BCUT2D eigenvalue weighted by Crippen LogP contribution is 2.35. The van der Waals surface area contributed by atoms with Gasteiger partial charge in [0.2, 0.25) is 0 Å². The first-order chi connectivity index (χ1) is 10.2. The first-order valence-corrected chi connectivity index (χ1v) is 7.27. The topological polar surface area (TPSA) is 56.0 Å². The van der Waals surface area contributed by atoms with Crippen molar-refractivity contribution in [1.82, 2.24) is 0 Å². The number of phenolic OH excluding ortho intramolecular Hbond substituents is 1. The van der Waals surface area contributed by atoms with E-state index >= 15 is 0 Å². The van der Waals surface area contributed by atoms with Crippen molar-refractivity contribution in [2.24, 2.45) is 0 Å². The van der Waals surface area contributed by atoms with Crippen molar-refractivity contribution in [1.29, 1.82) is 5.26 Å². The van der Waals surface area contributed by atoms with Crippen molar-refractivity contribution < 1.29 is 5.11 Å². The van der Waals surface area contributed by atoms with E-state index in [4.69, 9.17) is 0 Å². The highest BCUT2D eigenvalue weighted by Gasteiger charge is 2.21. The number of benzene rings is 2. The van der Waals surface area contributed by atoms with Crippen LogP contribution in [0, 0.1) is 18.3 Å². The summed E-state index contributed by atoms with van der Waals surface area (Å²) in [5.41, 5.74) is 4.98. The molecule has 1 aliphatic rings. The molecule has 3 nitrogen and oxygen atoms in total. The van der Waals surface area contributed by atoms with Crippen LogP contribution in [0.15, 0.2) is 36.4 Å². The highest BCUT2D eigenvalue weighted by molar-refractivity contribution is 5.62. The van der Waals surface area contributed by atoms with Gasteiger partial charge in [0.05, 0.1) is 17.3 Å². The molecule has 0 saturated carbocycles. The molecule has 0 heterocycles. The number of hydrogen-bond acceptors (Lipinski definition) is 3. The van der Waals surface area contributed by atoms with Crippen LogP contribution < -0.4 is 5.32 Å². The third-order valence-electron chi connectivity index (χ3n) is 4.16. The first-order valence-electron chi connectivity index (χ1n) is 7.27. The largest absolute Gasteiger partial charge is 0.508 e. The third-order valence-corrected chi connectivity index (χ3v) is 4.16. The Morgan fingerprint density at radius 2 is 2.14 bits per heavy atom. The standard InChI is InChI=1S/C18H18N2O/c1-12-4-2-6-18(16(12)11-19)20-17-7-3-5-13-8-9-14(21)10-15(13)17/h2,4,6,8-10,17,20-21H,3,5,7H2,1H3. The Bertz CT molecular complexity index is 716. The lowest BCUT2D eigenvalue weighted by atomic mass is 9.87. The summed E-state index contributed by atoms with van der Waals surface area (Å²) in [6.45, 7) is 1.95. The number of nitriles is 1. The van der Waals surface area contributed by atoms with Gasteiger partial charge in [-0.1, -0.05) is 18.2 Å². The molecular weight excluding hydrogens is 260 g/mol. The molecule has 1 atom stereocenters. The van der Waals surface area contributed by atoms with Gasteiger partial charge in [-0.05, 0) is 61.1 Å². The number of phenols is 1. The predicted octanol–water partition coefficient (Wildman–Crippen LogP) is 4.06. The molecule has 0 spiro atoms. The van der Waals surface area contributed by atoms with Gasteiger partial charge in [-0.25, -0.2) is 0 Å². The molecule has 0 saturated heterocycles. The summed E-state index contributed by atoms with van der Waals surface area (Å²) in [5, 5.41) is 22.6. The number of hydrogen-bond donors (Lipinski definition) is 2. The van der Waals surface area contributed by atoms with Crippen molar-refractivity contribution in [3.63, 3.8) is 0 Å². The normalized spacial score (nSPS) is 16.9. The minimum absolute atomic E-state index is 0.148. The summed E-state index contributed by atoms with van der Waals surface area (Å²) < 4.78 is 0. The van der Waals surface area contributed by atoms with Crippen molar-refractivity contribution in [2.45, 2.75) is 32.2 Å². The molecule has 1 aliphatic carbocycles. The fourth-order valence-corrected chi connectivity index (χ4v) is 3.06. The van der Waals surface area contributed by atoms with Crippen molar-refractivity contribution in [2.75, 3.05) is 5.32 Å². The lowest BCUT2D eigenvalue weighted by molar-refractivity contribution is 0.471. The minimum atomic E-state index is 0.148. The van der Waals surface area contributed by atoms with Gasteiger partial charge in [-0.15, -0.1) is 0 Å². The Hall–Kier alpha value is -2.47. The Labute approximate surface area is 124 Å². The van der Waals surface area contributed by atoms with Gasteiger partial charge in [-0.2, -0.15) is 5.26 Å². The number of aryl methyl sites for hydroxylation is 2. The number of aromatic hydroxyl groups is 1. The van der Waals surface area contributed by atoms with Gasteiger partial charge >= 0.3 is 0 Å². The fourth-order valence-electron chi connectivity index (χ4n) is 3.06. The summed E-state index contributed by atoms with van der Waals surface area (Å²) in [7, 11) is 0. The van der Waals surface area contributed by atoms with Crippen LogP contribution >= 0.6 is 0 Å². The van der Waals surface area contributed by atoms with E-state index in [0.29, 0.717) is 11.3 Å². The zero-order valence-electron chi connectivity index (χ0n) is 12.1. The van der Waals surface area contributed by atoms with E-state index in [9.17, 15) is 10.4 Å². The summed E-state index contributed by atoms with van der Waals surface area (Å²) in [4.78, 5) is 0. The van der Waals surface area contributed by atoms with Crippen LogP contribution in [0.2, 0.25) is 0 Å². The number of anilines is 1. The van der Waals surface area contributed by atoms with Crippen molar-refractivity contribution in [3.05, 3.63) is 58.7 Å². The third kappa shape index (κ3) is 2.57. The second-order valence-corrected chi connectivity index (χ2v) is 5.58. The molecule has 0 amide bonds. The van der Waals surface area contributed by atoms with E-state index < -0.39 is 0 Å². The maximum Gasteiger partial charge on any atom is 0.115 e. The second kappa shape index (κ2) is 5.49. The van der Waals surface area contributed by atoms with Gasteiger partial charge < -0.3 is 10.4 Å². The van der Waals surface area contributed by atoms with Crippen LogP contribution in [-0.2, 0) is 6.42 Å². The predicted molar refractivity (Wildman–Crippen MR) is 83.3 cm³/mol. The van der Waals surface area contributed by atoms with Gasteiger partial charge in [0, 0.05) is 0 Å². The Morgan fingerprint density at radius 1 is 1.29 bits per heavy atom. The van der Waals surface area contributed by atoms with Crippen molar-refractivity contribution >= 4 is 5.69 Å². The summed E-state index contributed by atoms with van der Waals surface area (Å²) in [5.74, 6) is 0.298. The van der Waals surface area contributed by atoms with Crippen LogP contribution in [0.4, 0.5) is 5.69 Å². The van der Waals surface area contributed by atoms with E-state index in [0.717, 1.165) is 36.1 Å². The number of rotatable bonds is 2. The van der Waals surface area contributed by atoms with E-state index in [2.05, 4.69) is 11.4 Å². The Kier molecular flexibility index (Phi) is 3.53. The summed E-state index contributed by atoms with van der Waals surface area (Å²) in [6.07, 6.45) is 3.17. The molecule has 1 unspecified atom stereocenters. The maximum absolute atomic E-state index is 9.74. The molecule has 3 rings (SSSR count). The number of nitrogens with zero attached hydrogens (tertiary/aromatic N) is 1. The fraction of sp³-hybridized carbons (Fsp3) is 0.278. The molecule has 0 fully saturated rings. The molecule has 2 aromatic rings. The summed E-state index contributed by atoms with van der Waals surface area (Å²) in [6, 6.07) is 13.9. The monoisotopic (exact) mass is 278 g/mol. The van der Waals surface area contributed by atoms with Crippen LogP contribution in [-0.4, -0.2) is 5.11 Å². The summed E-state index contributed by atoms with van der Waals surface area (Å²) >= 11 is 0. The molecule has 0 aromatic heterocycles. The molecule has 0 radical (unpaired) electrons. The molecule has 0 aliphatic heterocycles. The lowest BCUT2D eigenvalue weighted by Crippen LogP contribution is -2.18. The zero-order valence-corrected chi connectivity index (χ0v) is 12.1. The molecular formula is C18H18N2O. The van der Waals surface area contributed by atoms with Gasteiger partial charge in [0.25, 0.3) is 0 Å². The molecule has 21 heavy (non-hydrogen) atoms. The maximum atomic E-state index is 9.74. The van der Waals surface area contributed by atoms with E-state index in [1.807, 2.05) is 37.3 Å². The molecule has 106 valence electrons. The van der Waals surface area contributed by atoms with E-state index in [-0.39, 0.29) is 6.04 Å². The second-order valence-electron chi connectivity index (χ2n) is 5.58. The molecule has 0 bridgehead atoms. The van der Waals surface area contributed by atoms with Gasteiger partial charge in [-0.3, -0.25) is 0 Å². The van der Waals surface area contributed by atoms with Crippen LogP contribution in [0.1, 0.15) is 41.1 Å². The highest BCUT2D eigenvalue weighted by atomic mass is 16.3. The molecule has 3 heteroatoms. The Balaban J connectivity index is 1.96. The van der Waals surface area contributed by atoms with Crippen molar-refractivity contribution in [3.8, 4) is 11.8 Å². The molecule has 2 N–H and O–H groups in total. The quantitative estimate of drug-likeness (QED) is 0.871. The SMILES string of the molecule is Cc1cccc(NC2CCCc3ccc(O)cc32)c1C#N. The zero-order chi connectivity index (χ0) is 14.8. The van der Waals surface area contributed by atoms with E-state index in [1.54, 1.807) is 6.07 Å². The average molecular weight is 278 g/mol. The van der Waals surface area contributed by atoms with Crippen LogP contribution in [0.3, 0.4) is 0 Å². The number of nitrogens with one attached hydrogen (secondary N) is 1. The number of fused-ring (bicyclic) bond motifs is 1. The molecule has 2 aromatic carbocycles. The minimum Gasteiger partial charge on any atom is -0.508 e. The smallest absolute Gasteiger partial charge is 0.115 e.